The van der Waals surface area contributed by atoms with Crippen LogP contribution in [0.1, 0.15) is 166 Å². The van der Waals surface area contributed by atoms with Crippen LogP contribution >= 0.6 is 0 Å². The predicted molar refractivity (Wildman–Crippen MR) is 255 cm³/mol. The molecule has 0 aliphatic carbocycles. The van der Waals surface area contributed by atoms with Gasteiger partial charge in [-0.2, -0.15) is 0 Å². The van der Waals surface area contributed by atoms with Crippen molar-refractivity contribution in [1.29, 1.82) is 0 Å². The van der Waals surface area contributed by atoms with E-state index in [2.05, 4.69) is 0 Å². The Morgan fingerprint density at radius 1 is 0.282 bits per heavy atom. The molecule has 0 radical (unpaired) electrons. The molecule has 0 N–H and O–H groups in total. The molecule has 2 saturated heterocycles. The number of carbonyl (C=O) groups excluding carboxylic acids is 8. The van der Waals surface area contributed by atoms with E-state index in [4.69, 9.17) is 52.1 Å². The first-order chi connectivity index (χ1) is 31.6. The van der Waals surface area contributed by atoms with Crippen molar-refractivity contribution in [2.45, 2.75) is 228 Å². The largest absolute Gasteiger partial charge is 0.462 e. The topological polar surface area (TPSA) is 238 Å². The van der Waals surface area contributed by atoms with Gasteiger partial charge in [-0.25, -0.2) is 0 Å². The van der Waals surface area contributed by atoms with Crippen molar-refractivity contribution >= 4 is 47.8 Å². The van der Waals surface area contributed by atoms with Crippen molar-refractivity contribution in [3.05, 3.63) is 0 Å². The molecule has 10 atom stereocenters. The van der Waals surface area contributed by atoms with Crippen LogP contribution < -0.4 is 0 Å². The first-order valence-electron chi connectivity index (χ1n) is 24.2. The summed E-state index contributed by atoms with van der Waals surface area (Å²) >= 11 is 0. The monoisotopic (exact) mass is 1010 g/mol. The van der Waals surface area contributed by atoms with Crippen LogP contribution in [0.4, 0.5) is 0 Å². The molecule has 0 aromatic carbocycles. The van der Waals surface area contributed by atoms with Crippen LogP contribution in [-0.2, 0) is 90.5 Å². The summed E-state index contributed by atoms with van der Waals surface area (Å²) in [6.07, 6.45) is -17.6. The van der Waals surface area contributed by atoms with Crippen molar-refractivity contribution in [3.8, 4) is 0 Å². The molecule has 2 rings (SSSR count). The van der Waals surface area contributed by atoms with Gasteiger partial charge in [0.05, 0.1) is 43.3 Å². The van der Waals surface area contributed by atoms with Gasteiger partial charge < -0.3 is 52.1 Å². The van der Waals surface area contributed by atoms with E-state index in [-0.39, 0.29) is 0 Å². The molecule has 0 bridgehead atoms. The minimum atomic E-state index is -1.96. The van der Waals surface area contributed by atoms with Crippen molar-refractivity contribution in [2.24, 2.45) is 43.3 Å². The Hall–Kier alpha value is -4.36. The van der Waals surface area contributed by atoms with Gasteiger partial charge in [0, 0.05) is 0 Å². The minimum Gasteiger partial charge on any atom is -0.462 e. The number of rotatable bonds is 12. The fraction of sp³-hybridized carbons (Fsp3) is 0.846. The number of ether oxygens (including phenoxy) is 11. The fourth-order valence-corrected chi connectivity index (χ4v) is 5.74. The van der Waals surface area contributed by atoms with Crippen LogP contribution in [0.5, 0.6) is 0 Å². The molecule has 19 heteroatoms. The minimum absolute atomic E-state index is 0.644. The number of esters is 8. The van der Waals surface area contributed by atoms with Crippen LogP contribution in [0.25, 0.3) is 0 Å². The Kier molecular flexibility index (Phi) is 19.8. The molecule has 2 fully saturated rings. The fourth-order valence-electron chi connectivity index (χ4n) is 5.74. The lowest BCUT2D eigenvalue weighted by Crippen LogP contribution is -2.68. The Balaban J connectivity index is 3.24. The third kappa shape index (κ3) is 18.0. The highest BCUT2D eigenvalue weighted by molar-refractivity contribution is 5.79. The average molecular weight is 1020 g/mol. The van der Waals surface area contributed by atoms with E-state index >= 15 is 0 Å². The quantitative estimate of drug-likeness (QED) is 0.137. The van der Waals surface area contributed by atoms with Gasteiger partial charge in [0.15, 0.2) is 30.7 Å². The molecule has 0 saturated carbocycles. The van der Waals surface area contributed by atoms with E-state index in [1.54, 1.807) is 166 Å². The SMILES string of the molecule is CC(C)(C)C(=O)OC[C@H]1O[C@@H](O[C@H]2[C@H](OC(=O)C(C)(C)C)[C@@H](OC(=O)C(C)(C)C)C(OC(=O)C(C)(C)C)O[C@@H]2COC(=O)C(C)(C)C)[C@H](OC(=O)C(C)(C)C)[C@@H](OC(=O)C(C)(C)C)[C@H]1OC(=O)C(C)(C)C. The Morgan fingerprint density at radius 2 is 0.507 bits per heavy atom. The maximum Gasteiger partial charge on any atom is 0.313 e. The summed E-state index contributed by atoms with van der Waals surface area (Å²) in [6, 6.07) is 0. The van der Waals surface area contributed by atoms with Crippen LogP contribution in [0.15, 0.2) is 0 Å². The third-order valence-corrected chi connectivity index (χ3v) is 10.6. The van der Waals surface area contributed by atoms with Crippen LogP contribution in [0, 0.1) is 43.3 Å². The molecule has 408 valence electrons. The van der Waals surface area contributed by atoms with Crippen molar-refractivity contribution in [1.82, 2.24) is 0 Å². The zero-order chi connectivity index (χ0) is 55.6. The lowest BCUT2D eigenvalue weighted by atomic mass is 9.92. The van der Waals surface area contributed by atoms with E-state index in [9.17, 15) is 38.4 Å². The van der Waals surface area contributed by atoms with Gasteiger partial charge in [-0.05, 0) is 166 Å². The summed E-state index contributed by atoms with van der Waals surface area (Å²) in [4.78, 5) is 111. The summed E-state index contributed by atoms with van der Waals surface area (Å²) in [5, 5.41) is 0. The Labute approximate surface area is 421 Å². The molecule has 1 unspecified atom stereocenters. The standard InChI is InChI=1S/C52H86O19/c1-45(2,3)37(53)61-25-27-29(31(67-40(56)48(10,11)12)34(70-43(59)51(19,20)21)36(64-27)71-44(60)52(22,23)24)65-35-33(69-42(58)50(16,17)18)32(68-41(57)49(13,14)15)30(66-39(55)47(7,8)9)28(63-35)26-62-38(54)46(4,5)6/h27-36H,25-26H2,1-24H3/t27-,28-,29-,30+,31+,32+,33-,34-,35+,36?/m1/s1. The highest BCUT2D eigenvalue weighted by Crippen LogP contribution is 2.40. The molecule has 0 aromatic heterocycles. The molecule has 0 spiro atoms. The van der Waals surface area contributed by atoms with Crippen LogP contribution in [0.2, 0.25) is 0 Å². The van der Waals surface area contributed by atoms with Gasteiger partial charge in [-0.1, -0.05) is 0 Å². The number of carbonyl (C=O) groups is 8. The second kappa shape index (κ2) is 22.4. The molecule has 19 nitrogen and oxygen atoms in total. The second-order valence-corrected chi connectivity index (χ2v) is 26.6. The highest BCUT2D eigenvalue weighted by Gasteiger charge is 2.60. The van der Waals surface area contributed by atoms with Gasteiger partial charge in [-0.3, -0.25) is 38.4 Å². The first-order valence-corrected chi connectivity index (χ1v) is 24.2. The molecular formula is C52H86O19. The molecule has 71 heavy (non-hydrogen) atoms. The van der Waals surface area contributed by atoms with Crippen LogP contribution in [0.3, 0.4) is 0 Å². The second-order valence-electron chi connectivity index (χ2n) is 26.6. The van der Waals surface area contributed by atoms with Crippen LogP contribution in [-0.4, -0.2) is 122 Å². The average Bonchev–Trinajstić information content (AvgIpc) is 3.16. The molecule has 0 aromatic rings. The molecule has 0 amide bonds. The van der Waals surface area contributed by atoms with E-state index in [1.807, 2.05) is 0 Å². The highest BCUT2D eigenvalue weighted by atomic mass is 16.8. The van der Waals surface area contributed by atoms with Crippen molar-refractivity contribution in [3.63, 3.8) is 0 Å². The van der Waals surface area contributed by atoms with Crippen molar-refractivity contribution < 1.29 is 90.5 Å². The van der Waals surface area contributed by atoms with Gasteiger partial charge >= 0.3 is 47.8 Å². The van der Waals surface area contributed by atoms with E-state index in [0.717, 1.165) is 0 Å². The Morgan fingerprint density at radius 3 is 0.817 bits per heavy atom. The summed E-state index contributed by atoms with van der Waals surface area (Å²) in [7, 11) is 0. The first kappa shape index (κ1) is 62.8. The zero-order valence-electron chi connectivity index (χ0n) is 46.9. The zero-order valence-corrected chi connectivity index (χ0v) is 46.9. The van der Waals surface area contributed by atoms with E-state index < -0.39 is 166 Å². The maximum atomic E-state index is 14.2. The third-order valence-electron chi connectivity index (χ3n) is 10.6. The lowest BCUT2D eigenvalue weighted by molar-refractivity contribution is -0.360. The maximum absolute atomic E-state index is 14.2. The van der Waals surface area contributed by atoms with Gasteiger partial charge in [-0.15, -0.1) is 0 Å². The Bertz CT molecular complexity index is 1930. The van der Waals surface area contributed by atoms with E-state index in [1.165, 1.54) is 0 Å². The number of hydrogen-bond acceptors (Lipinski definition) is 19. The van der Waals surface area contributed by atoms with Gasteiger partial charge in [0.25, 0.3) is 0 Å². The number of hydrogen-bond donors (Lipinski definition) is 0. The normalized spacial score (nSPS) is 26.0. The predicted octanol–water partition coefficient (Wildman–Crippen LogP) is 7.38. The molecule has 2 heterocycles. The van der Waals surface area contributed by atoms with Gasteiger partial charge in [0.2, 0.25) is 12.4 Å². The summed E-state index contributed by atoms with van der Waals surface area (Å²) < 4.78 is 68.3. The van der Waals surface area contributed by atoms with Crippen molar-refractivity contribution in [2.75, 3.05) is 13.2 Å². The summed E-state index contributed by atoms with van der Waals surface area (Å²) in [6.45, 7) is 36.5. The summed E-state index contributed by atoms with van der Waals surface area (Å²) in [5.41, 5.74) is -9.31. The lowest BCUT2D eigenvalue weighted by Gasteiger charge is -2.49. The molecular weight excluding hydrogens is 929 g/mol. The van der Waals surface area contributed by atoms with Gasteiger partial charge in [0.1, 0.15) is 31.5 Å². The summed E-state index contributed by atoms with van der Waals surface area (Å²) in [5.74, 6) is -6.44. The molecule has 2 aliphatic rings. The van der Waals surface area contributed by atoms with E-state index in [0.29, 0.717) is 0 Å². The smallest absolute Gasteiger partial charge is 0.313 e. The molecule has 2 aliphatic heterocycles.